The fraction of sp³-hybridized carbons (Fsp3) is 0.318. The van der Waals surface area contributed by atoms with E-state index in [9.17, 15) is 4.79 Å². The maximum Gasteiger partial charge on any atom is 0.276 e. The minimum absolute atomic E-state index is 0.177. The Morgan fingerprint density at radius 1 is 1.17 bits per heavy atom. The molecule has 2 heterocycles. The molecule has 0 radical (unpaired) electrons. The van der Waals surface area contributed by atoms with E-state index in [1.165, 1.54) is 0 Å². The van der Waals surface area contributed by atoms with Crippen molar-refractivity contribution in [1.29, 1.82) is 0 Å². The van der Waals surface area contributed by atoms with Crippen LogP contribution in [-0.2, 0) is 4.79 Å². The topological polar surface area (TPSA) is 75.5 Å². The molecule has 1 N–H and O–H groups in total. The summed E-state index contributed by atoms with van der Waals surface area (Å²) >= 11 is 1.55. The molecule has 30 heavy (non-hydrogen) atoms. The number of amides is 1. The van der Waals surface area contributed by atoms with E-state index in [1.807, 2.05) is 42.5 Å². The molecule has 8 heteroatoms. The third kappa shape index (κ3) is 3.75. The van der Waals surface area contributed by atoms with Gasteiger partial charge in [0.15, 0.2) is 11.3 Å². The lowest BCUT2D eigenvalue weighted by molar-refractivity contribution is -0.116. The zero-order valence-electron chi connectivity index (χ0n) is 17.2. The fourth-order valence-corrected chi connectivity index (χ4v) is 4.38. The monoisotopic (exact) mass is 424 g/mol. The number of hydrogen-bond acceptors (Lipinski definition) is 7. The number of carbonyl (C=O) groups excluding carboxylic acids is 1. The number of hydrogen-bond donors (Lipinski definition) is 1. The van der Waals surface area contributed by atoms with E-state index in [0.717, 1.165) is 34.7 Å². The van der Waals surface area contributed by atoms with Crippen LogP contribution in [0.4, 0.5) is 0 Å². The zero-order valence-corrected chi connectivity index (χ0v) is 18.0. The van der Waals surface area contributed by atoms with Crippen molar-refractivity contribution in [1.82, 2.24) is 10.3 Å². The molecule has 0 unspecified atom stereocenters. The SMILES string of the molecule is CCCCSC1=NN2C(=c3ccccc3=N[C@H]2c2ccc(OC)cc2OC)C(=O)N1. The van der Waals surface area contributed by atoms with Gasteiger partial charge in [-0.2, -0.15) is 0 Å². The second kappa shape index (κ2) is 8.79. The van der Waals surface area contributed by atoms with Crippen molar-refractivity contribution in [3.8, 4) is 11.5 Å². The number of ether oxygens (including phenoxy) is 2. The summed E-state index contributed by atoms with van der Waals surface area (Å²) in [6, 6.07) is 13.2. The van der Waals surface area contributed by atoms with E-state index < -0.39 is 6.17 Å². The molecule has 2 aromatic rings. The molecule has 156 valence electrons. The minimum atomic E-state index is -0.524. The number of benzene rings is 2. The lowest BCUT2D eigenvalue weighted by Gasteiger charge is -2.34. The fourth-order valence-electron chi connectivity index (χ4n) is 3.44. The number of para-hydroxylation sites is 1. The van der Waals surface area contributed by atoms with Gasteiger partial charge in [-0.25, -0.2) is 5.01 Å². The number of nitrogens with one attached hydrogen (secondary N) is 1. The Balaban J connectivity index is 1.86. The number of hydrazone groups is 1. The molecule has 2 aliphatic rings. The molecule has 1 atom stereocenters. The van der Waals surface area contributed by atoms with E-state index in [0.29, 0.717) is 22.4 Å². The average Bonchev–Trinajstić information content (AvgIpc) is 2.78. The number of thioether (sulfide) groups is 1. The van der Waals surface area contributed by atoms with Gasteiger partial charge in [0.1, 0.15) is 17.2 Å². The van der Waals surface area contributed by atoms with Gasteiger partial charge in [0.2, 0.25) is 0 Å². The molecule has 7 nitrogen and oxygen atoms in total. The van der Waals surface area contributed by atoms with Gasteiger partial charge in [0, 0.05) is 22.6 Å². The van der Waals surface area contributed by atoms with Gasteiger partial charge >= 0.3 is 0 Å². The average molecular weight is 425 g/mol. The van der Waals surface area contributed by atoms with Crippen LogP contribution in [0.2, 0.25) is 0 Å². The van der Waals surface area contributed by atoms with E-state index in [2.05, 4.69) is 12.2 Å². The van der Waals surface area contributed by atoms with Crippen LogP contribution in [0.3, 0.4) is 0 Å². The van der Waals surface area contributed by atoms with Crippen molar-refractivity contribution < 1.29 is 14.3 Å². The molecule has 0 aromatic heterocycles. The lowest BCUT2D eigenvalue weighted by Crippen LogP contribution is -2.50. The van der Waals surface area contributed by atoms with Gasteiger partial charge in [0.25, 0.3) is 5.91 Å². The van der Waals surface area contributed by atoms with Crippen LogP contribution in [-0.4, -0.2) is 36.1 Å². The number of carbonyl (C=O) groups is 1. The summed E-state index contributed by atoms with van der Waals surface area (Å²) in [6.07, 6.45) is 1.62. The van der Waals surface area contributed by atoms with Gasteiger partial charge in [-0.3, -0.25) is 15.1 Å². The van der Waals surface area contributed by atoms with Crippen molar-refractivity contribution in [2.45, 2.75) is 25.9 Å². The van der Waals surface area contributed by atoms with Gasteiger partial charge < -0.3 is 9.47 Å². The lowest BCUT2D eigenvalue weighted by atomic mass is 10.1. The van der Waals surface area contributed by atoms with E-state index >= 15 is 0 Å². The Bertz CT molecular complexity index is 1120. The molecule has 0 fully saturated rings. The summed E-state index contributed by atoms with van der Waals surface area (Å²) in [5.41, 5.74) is 1.30. The molecule has 0 saturated heterocycles. The first-order valence-corrected chi connectivity index (χ1v) is 10.9. The number of nitrogens with zero attached hydrogens (tertiary/aromatic N) is 3. The van der Waals surface area contributed by atoms with Crippen LogP contribution in [0.15, 0.2) is 52.6 Å². The Kier molecular flexibility index (Phi) is 5.94. The zero-order chi connectivity index (χ0) is 21.1. The Labute approximate surface area is 179 Å². The molecule has 0 saturated carbocycles. The maximum absolute atomic E-state index is 13.1. The summed E-state index contributed by atoms with van der Waals surface area (Å²) in [6.45, 7) is 2.14. The van der Waals surface area contributed by atoms with Crippen LogP contribution < -0.4 is 25.4 Å². The summed E-state index contributed by atoms with van der Waals surface area (Å²) < 4.78 is 10.9. The van der Waals surface area contributed by atoms with Gasteiger partial charge in [-0.05, 0) is 24.6 Å². The molecule has 1 amide bonds. The summed E-state index contributed by atoms with van der Waals surface area (Å²) in [7, 11) is 3.22. The maximum atomic E-state index is 13.1. The molecule has 2 aromatic carbocycles. The highest BCUT2D eigenvalue weighted by atomic mass is 32.2. The standard InChI is InChI=1S/C22H24N4O3S/c1-4-5-12-30-22-24-21(27)19-15-8-6-7-9-17(15)23-20(26(19)25-22)16-11-10-14(28-2)13-18(16)29-3/h6-11,13,20H,4-5,12H2,1-3H3,(H,24,25,27)/t20-/m1/s1. The number of rotatable bonds is 6. The predicted molar refractivity (Wildman–Crippen MR) is 118 cm³/mol. The normalized spacial score (nSPS) is 17.4. The third-order valence-electron chi connectivity index (χ3n) is 4.97. The highest BCUT2D eigenvalue weighted by molar-refractivity contribution is 8.13. The van der Waals surface area contributed by atoms with Crippen molar-refractivity contribution in [2.24, 2.45) is 10.1 Å². The minimum Gasteiger partial charge on any atom is -0.497 e. The van der Waals surface area contributed by atoms with Gasteiger partial charge in [0.05, 0.1) is 19.6 Å². The smallest absolute Gasteiger partial charge is 0.276 e. The van der Waals surface area contributed by atoms with Crippen LogP contribution >= 0.6 is 11.8 Å². The van der Waals surface area contributed by atoms with Gasteiger partial charge in [-0.15, -0.1) is 5.10 Å². The van der Waals surface area contributed by atoms with Crippen molar-refractivity contribution in [3.05, 3.63) is 58.6 Å². The molecule has 4 rings (SSSR count). The second-order valence-electron chi connectivity index (χ2n) is 6.88. The van der Waals surface area contributed by atoms with Crippen molar-refractivity contribution >= 4 is 28.5 Å². The predicted octanol–water partition coefficient (Wildman–Crippen LogP) is 2.38. The summed E-state index contributed by atoms with van der Waals surface area (Å²) in [5.74, 6) is 2.03. The molecular weight excluding hydrogens is 400 g/mol. The number of unbranched alkanes of at least 4 members (excludes halogenated alkanes) is 1. The largest absolute Gasteiger partial charge is 0.497 e. The van der Waals surface area contributed by atoms with Crippen LogP contribution in [0.5, 0.6) is 11.5 Å². The quantitative estimate of drug-likeness (QED) is 0.721. The Hall–Kier alpha value is -3.00. The second-order valence-corrected chi connectivity index (χ2v) is 7.97. The first-order valence-electron chi connectivity index (χ1n) is 9.87. The van der Waals surface area contributed by atoms with Crippen LogP contribution in [0.1, 0.15) is 31.5 Å². The van der Waals surface area contributed by atoms with Crippen molar-refractivity contribution in [2.75, 3.05) is 20.0 Å². The van der Waals surface area contributed by atoms with Crippen LogP contribution in [0, 0.1) is 0 Å². The first-order chi connectivity index (χ1) is 14.7. The molecule has 0 aliphatic carbocycles. The van der Waals surface area contributed by atoms with E-state index in [1.54, 1.807) is 31.0 Å². The van der Waals surface area contributed by atoms with Crippen LogP contribution in [0.25, 0.3) is 5.70 Å². The number of amidine groups is 1. The molecule has 2 aliphatic heterocycles. The van der Waals surface area contributed by atoms with E-state index in [-0.39, 0.29) is 5.91 Å². The Morgan fingerprint density at radius 3 is 2.77 bits per heavy atom. The van der Waals surface area contributed by atoms with Crippen molar-refractivity contribution in [3.63, 3.8) is 0 Å². The highest BCUT2D eigenvalue weighted by Gasteiger charge is 2.35. The summed E-state index contributed by atoms with van der Waals surface area (Å²) in [5, 5.41) is 11.5. The number of fused-ring (bicyclic) bond motifs is 2. The molecule has 0 spiro atoms. The third-order valence-corrected chi connectivity index (χ3v) is 5.92. The van der Waals surface area contributed by atoms with Gasteiger partial charge in [-0.1, -0.05) is 43.3 Å². The summed E-state index contributed by atoms with van der Waals surface area (Å²) in [4.78, 5) is 18.0. The van der Waals surface area contributed by atoms with E-state index in [4.69, 9.17) is 19.6 Å². The molecular formula is C22H24N4O3S. The Morgan fingerprint density at radius 2 is 2.00 bits per heavy atom. The number of methoxy groups -OCH3 is 2. The first kappa shape index (κ1) is 20.3. The molecule has 0 bridgehead atoms. The highest BCUT2D eigenvalue weighted by Crippen LogP contribution is 2.37.